The van der Waals surface area contributed by atoms with Crippen molar-refractivity contribution in [3.05, 3.63) is 70.8 Å². The Morgan fingerprint density at radius 1 is 0.952 bits per heavy atom. The van der Waals surface area contributed by atoms with Gasteiger partial charge in [0.2, 0.25) is 0 Å². The predicted molar refractivity (Wildman–Crippen MR) is 81.8 cm³/mol. The second-order valence-electron chi connectivity index (χ2n) is 5.51. The van der Waals surface area contributed by atoms with Crippen molar-refractivity contribution in [3.63, 3.8) is 0 Å². The lowest BCUT2D eigenvalue weighted by atomic mass is 9.98. The smallest absolute Gasteiger partial charge is 0.335 e. The minimum Gasteiger partial charge on any atom is -0.478 e. The summed E-state index contributed by atoms with van der Waals surface area (Å²) in [5.74, 6) is -0.620. The molecule has 1 N–H and O–H groups in total. The van der Waals surface area contributed by atoms with E-state index in [2.05, 4.69) is 13.8 Å². The summed E-state index contributed by atoms with van der Waals surface area (Å²) in [6, 6.07) is 13.6. The number of carboxylic acids is 1. The third-order valence-corrected chi connectivity index (χ3v) is 3.23. The van der Waals surface area contributed by atoms with Crippen LogP contribution in [0, 0.1) is 5.92 Å². The topological polar surface area (TPSA) is 54.4 Å². The third kappa shape index (κ3) is 3.78. The zero-order valence-corrected chi connectivity index (χ0v) is 12.2. The summed E-state index contributed by atoms with van der Waals surface area (Å²) in [4.78, 5) is 23.3. The second-order valence-corrected chi connectivity index (χ2v) is 5.51. The first-order valence-corrected chi connectivity index (χ1v) is 6.94. The minimum absolute atomic E-state index is 0.122. The van der Waals surface area contributed by atoms with Crippen molar-refractivity contribution in [2.24, 2.45) is 5.92 Å². The molecule has 0 saturated heterocycles. The van der Waals surface area contributed by atoms with Crippen LogP contribution in [-0.4, -0.2) is 16.9 Å². The molecule has 3 heteroatoms. The van der Waals surface area contributed by atoms with E-state index in [1.165, 1.54) is 17.7 Å². The fourth-order valence-corrected chi connectivity index (χ4v) is 2.22. The lowest BCUT2D eigenvalue weighted by Crippen LogP contribution is -2.04. The maximum absolute atomic E-state index is 12.4. The second kappa shape index (κ2) is 6.35. The van der Waals surface area contributed by atoms with Crippen LogP contribution in [0.25, 0.3) is 0 Å². The van der Waals surface area contributed by atoms with E-state index < -0.39 is 5.97 Å². The van der Waals surface area contributed by atoms with Gasteiger partial charge in [-0.3, -0.25) is 4.79 Å². The minimum atomic E-state index is -1.03. The van der Waals surface area contributed by atoms with Crippen molar-refractivity contribution in [2.75, 3.05) is 0 Å². The first kappa shape index (κ1) is 15.0. The molecule has 108 valence electrons. The van der Waals surface area contributed by atoms with Gasteiger partial charge in [0.05, 0.1) is 5.56 Å². The van der Waals surface area contributed by atoms with E-state index in [1.807, 2.05) is 12.1 Å². The van der Waals surface area contributed by atoms with Gasteiger partial charge in [-0.05, 0) is 30.0 Å². The van der Waals surface area contributed by atoms with Crippen LogP contribution in [0.3, 0.4) is 0 Å². The van der Waals surface area contributed by atoms with Crippen LogP contribution in [0.4, 0.5) is 0 Å². The number of aromatic carboxylic acids is 1. The summed E-state index contributed by atoms with van der Waals surface area (Å²) in [6.45, 7) is 4.30. The van der Waals surface area contributed by atoms with Crippen molar-refractivity contribution in [2.45, 2.75) is 20.3 Å². The average molecular weight is 282 g/mol. The molecule has 0 bridgehead atoms. The first-order chi connectivity index (χ1) is 9.97. The highest BCUT2D eigenvalue weighted by Gasteiger charge is 2.11. The molecule has 0 aromatic heterocycles. The predicted octanol–water partition coefficient (Wildman–Crippen LogP) is 3.81. The molecule has 0 saturated carbocycles. The Morgan fingerprint density at radius 2 is 1.57 bits per heavy atom. The monoisotopic (exact) mass is 282 g/mol. The largest absolute Gasteiger partial charge is 0.478 e. The summed E-state index contributed by atoms with van der Waals surface area (Å²) >= 11 is 0. The number of ketones is 1. The van der Waals surface area contributed by atoms with Crippen molar-refractivity contribution < 1.29 is 14.7 Å². The normalized spacial score (nSPS) is 10.6. The molecule has 2 aromatic rings. The summed E-state index contributed by atoms with van der Waals surface area (Å²) in [5.41, 5.74) is 2.29. The molecule has 3 nitrogen and oxygen atoms in total. The Kier molecular flexibility index (Phi) is 4.53. The molecule has 0 aliphatic carbocycles. The fourth-order valence-electron chi connectivity index (χ4n) is 2.22. The number of hydrogen-bond acceptors (Lipinski definition) is 2. The van der Waals surface area contributed by atoms with Crippen LogP contribution in [0.5, 0.6) is 0 Å². The highest BCUT2D eigenvalue weighted by molar-refractivity contribution is 6.09. The molecule has 0 fully saturated rings. The van der Waals surface area contributed by atoms with Crippen LogP contribution < -0.4 is 0 Å². The molecule has 2 rings (SSSR count). The van der Waals surface area contributed by atoms with Crippen LogP contribution in [0.15, 0.2) is 48.5 Å². The molecule has 21 heavy (non-hydrogen) atoms. The number of carbonyl (C=O) groups excluding carboxylic acids is 1. The van der Waals surface area contributed by atoms with Crippen molar-refractivity contribution in [1.82, 2.24) is 0 Å². The van der Waals surface area contributed by atoms with E-state index >= 15 is 0 Å². The van der Waals surface area contributed by atoms with E-state index in [9.17, 15) is 9.59 Å². The van der Waals surface area contributed by atoms with Gasteiger partial charge in [-0.1, -0.05) is 50.2 Å². The molecule has 0 spiro atoms. The van der Waals surface area contributed by atoms with Crippen molar-refractivity contribution >= 4 is 11.8 Å². The standard InChI is InChI=1S/C18H18O3/c1-12(2)10-13-6-8-14(9-7-13)17(19)15-4-3-5-16(11-15)18(20)21/h3-9,11-12H,10H2,1-2H3,(H,20,21). The summed E-state index contributed by atoms with van der Waals surface area (Å²) < 4.78 is 0. The molecule has 0 aliphatic heterocycles. The van der Waals surface area contributed by atoms with Gasteiger partial charge in [0.25, 0.3) is 0 Å². The van der Waals surface area contributed by atoms with Gasteiger partial charge in [0, 0.05) is 11.1 Å². The highest BCUT2D eigenvalue weighted by Crippen LogP contribution is 2.15. The number of carboxylic acid groups (broad SMARTS) is 1. The van der Waals surface area contributed by atoms with E-state index in [0.29, 0.717) is 17.0 Å². The molecule has 0 amide bonds. The summed E-state index contributed by atoms with van der Waals surface area (Å²) in [7, 11) is 0. The SMILES string of the molecule is CC(C)Cc1ccc(C(=O)c2cccc(C(=O)O)c2)cc1. The van der Waals surface area contributed by atoms with Crippen LogP contribution in [0.2, 0.25) is 0 Å². The molecule has 0 heterocycles. The van der Waals surface area contributed by atoms with Gasteiger partial charge in [-0.25, -0.2) is 4.79 Å². The van der Waals surface area contributed by atoms with E-state index in [-0.39, 0.29) is 11.3 Å². The van der Waals surface area contributed by atoms with Gasteiger partial charge in [-0.15, -0.1) is 0 Å². The fraction of sp³-hybridized carbons (Fsp3) is 0.222. The zero-order valence-electron chi connectivity index (χ0n) is 12.2. The number of rotatable bonds is 5. The molecule has 0 aliphatic rings. The summed E-state index contributed by atoms with van der Waals surface area (Å²) in [5, 5.41) is 8.97. The van der Waals surface area contributed by atoms with Gasteiger partial charge in [0.15, 0.2) is 5.78 Å². The van der Waals surface area contributed by atoms with Crippen molar-refractivity contribution in [1.29, 1.82) is 0 Å². The van der Waals surface area contributed by atoms with Crippen LogP contribution >= 0.6 is 0 Å². The molecular weight excluding hydrogens is 264 g/mol. The van der Waals surface area contributed by atoms with Crippen LogP contribution in [-0.2, 0) is 6.42 Å². The maximum atomic E-state index is 12.4. The van der Waals surface area contributed by atoms with E-state index in [1.54, 1.807) is 24.3 Å². The number of carbonyl (C=O) groups is 2. The zero-order chi connectivity index (χ0) is 15.4. The number of hydrogen-bond donors (Lipinski definition) is 1. The highest BCUT2D eigenvalue weighted by atomic mass is 16.4. The Hall–Kier alpha value is -2.42. The first-order valence-electron chi connectivity index (χ1n) is 6.94. The van der Waals surface area contributed by atoms with E-state index in [4.69, 9.17) is 5.11 Å². The maximum Gasteiger partial charge on any atom is 0.335 e. The lowest BCUT2D eigenvalue weighted by molar-refractivity contribution is 0.0697. The average Bonchev–Trinajstić information content (AvgIpc) is 2.47. The molecule has 2 aromatic carbocycles. The molecule has 0 atom stereocenters. The quantitative estimate of drug-likeness (QED) is 0.848. The van der Waals surface area contributed by atoms with Gasteiger partial charge >= 0.3 is 5.97 Å². The van der Waals surface area contributed by atoms with Gasteiger partial charge < -0.3 is 5.11 Å². The molecule has 0 radical (unpaired) electrons. The summed E-state index contributed by atoms with van der Waals surface area (Å²) in [6.07, 6.45) is 0.975. The third-order valence-electron chi connectivity index (χ3n) is 3.23. The van der Waals surface area contributed by atoms with Gasteiger partial charge in [0.1, 0.15) is 0 Å². The Balaban J connectivity index is 2.23. The van der Waals surface area contributed by atoms with Crippen LogP contribution in [0.1, 0.15) is 45.7 Å². The van der Waals surface area contributed by atoms with Crippen molar-refractivity contribution in [3.8, 4) is 0 Å². The lowest BCUT2D eigenvalue weighted by Gasteiger charge is -2.06. The Bertz CT molecular complexity index is 654. The molecule has 0 unspecified atom stereocenters. The Morgan fingerprint density at radius 3 is 2.14 bits per heavy atom. The van der Waals surface area contributed by atoms with E-state index in [0.717, 1.165) is 6.42 Å². The molecular formula is C18H18O3. The van der Waals surface area contributed by atoms with Gasteiger partial charge in [-0.2, -0.15) is 0 Å². The Labute approximate surface area is 124 Å². The number of benzene rings is 2.